The Kier molecular flexibility index (Phi) is 4.71. The number of rotatable bonds is 6. The molecule has 6 N–H and O–H groups in total. The van der Waals surface area contributed by atoms with E-state index in [1.807, 2.05) is 0 Å². The van der Waals surface area contributed by atoms with Crippen LogP contribution in [0.25, 0.3) is 0 Å². The number of aromatic hydroxyl groups is 2. The predicted octanol–water partition coefficient (Wildman–Crippen LogP) is -0.569. The zero-order valence-electron chi connectivity index (χ0n) is 10.5. The largest absolute Gasteiger partial charge is 0.508 e. The van der Waals surface area contributed by atoms with Crippen LogP contribution >= 0.6 is 0 Å². The van der Waals surface area contributed by atoms with Gasteiger partial charge < -0.3 is 21.7 Å². The summed E-state index contributed by atoms with van der Waals surface area (Å²) in [5, 5.41) is 18.9. The van der Waals surface area contributed by atoms with Crippen LogP contribution in [0.2, 0.25) is 0 Å². The highest BCUT2D eigenvalue weighted by Gasteiger charge is 2.20. The monoisotopic (exact) mass is 267 g/mol. The van der Waals surface area contributed by atoms with Gasteiger partial charge in [-0.3, -0.25) is 14.5 Å². The van der Waals surface area contributed by atoms with E-state index in [2.05, 4.69) is 0 Å². The number of nitrogens with two attached hydrogens (primary N) is 2. The molecule has 0 aliphatic heterocycles. The first-order chi connectivity index (χ1) is 8.79. The molecular formula is C12H17N3O4. The number of nitrogens with zero attached hydrogens (tertiary/aromatic N) is 1. The summed E-state index contributed by atoms with van der Waals surface area (Å²) in [4.78, 5) is 23.4. The summed E-state index contributed by atoms with van der Waals surface area (Å²) in [6.07, 6.45) is 0. The lowest BCUT2D eigenvalue weighted by Gasteiger charge is -2.27. The highest BCUT2D eigenvalue weighted by molar-refractivity contribution is 5.79. The van der Waals surface area contributed by atoms with Crippen molar-refractivity contribution < 1.29 is 19.8 Å². The highest BCUT2D eigenvalue weighted by Crippen LogP contribution is 2.27. The quantitative estimate of drug-likeness (QED) is 0.548. The summed E-state index contributed by atoms with van der Waals surface area (Å²) >= 11 is 0. The molecule has 0 heterocycles. The molecule has 1 aromatic carbocycles. The van der Waals surface area contributed by atoms with E-state index >= 15 is 0 Å². The van der Waals surface area contributed by atoms with Gasteiger partial charge in [0.05, 0.1) is 13.1 Å². The van der Waals surface area contributed by atoms with Crippen LogP contribution in [0.15, 0.2) is 18.2 Å². The lowest BCUT2D eigenvalue weighted by atomic mass is 10.1. The smallest absolute Gasteiger partial charge is 0.231 e. The van der Waals surface area contributed by atoms with Crippen LogP contribution in [-0.2, 0) is 9.59 Å². The minimum Gasteiger partial charge on any atom is -0.508 e. The molecule has 1 unspecified atom stereocenters. The summed E-state index contributed by atoms with van der Waals surface area (Å²) in [5.41, 5.74) is 10.8. The topological polar surface area (TPSA) is 130 Å². The van der Waals surface area contributed by atoms with Gasteiger partial charge in [0, 0.05) is 12.1 Å². The molecular weight excluding hydrogens is 250 g/mol. The van der Waals surface area contributed by atoms with Crippen molar-refractivity contribution in [2.45, 2.75) is 13.0 Å². The van der Waals surface area contributed by atoms with Crippen molar-refractivity contribution in [1.82, 2.24) is 4.90 Å². The van der Waals surface area contributed by atoms with Gasteiger partial charge in [0.2, 0.25) is 11.8 Å². The fourth-order valence-electron chi connectivity index (χ4n) is 1.80. The number of hydrogen-bond acceptors (Lipinski definition) is 5. The Morgan fingerprint density at radius 3 is 1.89 bits per heavy atom. The molecule has 0 saturated carbocycles. The number of phenols is 2. The van der Waals surface area contributed by atoms with E-state index < -0.39 is 17.9 Å². The first-order valence-corrected chi connectivity index (χ1v) is 5.63. The Labute approximate surface area is 110 Å². The van der Waals surface area contributed by atoms with E-state index in [1.165, 1.54) is 23.1 Å². The molecule has 104 valence electrons. The van der Waals surface area contributed by atoms with E-state index in [1.54, 1.807) is 6.92 Å². The number of carbonyl (C=O) groups is 2. The first kappa shape index (κ1) is 14.8. The van der Waals surface area contributed by atoms with Crippen LogP contribution in [0.4, 0.5) is 0 Å². The van der Waals surface area contributed by atoms with E-state index in [0.717, 1.165) is 0 Å². The number of primary amides is 2. The van der Waals surface area contributed by atoms with Crippen LogP contribution in [0.5, 0.6) is 11.5 Å². The third-order valence-corrected chi connectivity index (χ3v) is 2.67. The summed E-state index contributed by atoms with van der Waals surface area (Å²) in [6, 6.07) is 3.62. The fourth-order valence-corrected chi connectivity index (χ4v) is 1.80. The summed E-state index contributed by atoms with van der Waals surface area (Å²) < 4.78 is 0. The maximum absolute atomic E-state index is 11.0. The van der Waals surface area contributed by atoms with E-state index in [4.69, 9.17) is 11.5 Å². The predicted molar refractivity (Wildman–Crippen MR) is 68.1 cm³/mol. The number of benzene rings is 1. The molecule has 1 rings (SSSR count). The standard InChI is InChI=1S/C12H17N3O4/c1-7(8-2-9(16)4-10(17)3-8)15(5-11(13)18)6-12(14)19/h2-4,7,16-17H,5-6H2,1H3,(H2,13,18)(H2,14,19). The molecule has 7 heteroatoms. The second kappa shape index (κ2) is 6.05. The van der Waals surface area contributed by atoms with Crippen LogP contribution in [0.1, 0.15) is 18.5 Å². The van der Waals surface area contributed by atoms with Gasteiger partial charge in [0.1, 0.15) is 11.5 Å². The van der Waals surface area contributed by atoms with E-state index in [-0.39, 0.29) is 24.6 Å². The van der Waals surface area contributed by atoms with Crippen molar-refractivity contribution in [3.63, 3.8) is 0 Å². The van der Waals surface area contributed by atoms with Gasteiger partial charge in [0.15, 0.2) is 0 Å². The lowest BCUT2D eigenvalue weighted by Crippen LogP contribution is -2.41. The molecule has 7 nitrogen and oxygen atoms in total. The Morgan fingerprint density at radius 1 is 1.11 bits per heavy atom. The number of carbonyl (C=O) groups excluding carboxylic acids is 2. The molecule has 0 fully saturated rings. The fraction of sp³-hybridized carbons (Fsp3) is 0.333. The summed E-state index contributed by atoms with van der Waals surface area (Å²) in [6.45, 7) is 1.40. The van der Waals surface area contributed by atoms with Gasteiger partial charge >= 0.3 is 0 Å². The molecule has 0 bridgehead atoms. The summed E-state index contributed by atoms with van der Waals surface area (Å²) in [7, 11) is 0. The van der Waals surface area contributed by atoms with Gasteiger partial charge in [-0.1, -0.05) is 0 Å². The van der Waals surface area contributed by atoms with Gasteiger partial charge in [-0.2, -0.15) is 0 Å². The molecule has 0 aliphatic carbocycles. The van der Waals surface area contributed by atoms with Gasteiger partial charge in [-0.05, 0) is 24.6 Å². The second-order valence-corrected chi connectivity index (χ2v) is 4.30. The van der Waals surface area contributed by atoms with Crippen molar-refractivity contribution in [3.8, 4) is 11.5 Å². The molecule has 19 heavy (non-hydrogen) atoms. The maximum Gasteiger partial charge on any atom is 0.231 e. The minimum atomic E-state index is -0.600. The van der Waals surface area contributed by atoms with Gasteiger partial charge in [-0.25, -0.2) is 0 Å². The average Bonchev–Trinajstić information content (AvgIpc) is 2.24. The summed E-state index contributed by atoms with van der Waals surface area (Å²) in [5.74, 6) is -1.42. The maximum atomic E-state index is 11.0. The van der Waals surface area contributed by atoms with Crippen molar-refractivity contribution in [1.29, 1.82) is 0 Å². The zero-order valence-corrected chi connectivity index (χ0v) is 10.5. The lowest BCUT2D eigenvalue weighted by molar-refractivity contribution is -0.122. The zero-order chi connectivity index (χ0) is 14.6. The number of amides is 2. The molecule has 1 aromatic rings. The van der Waals surface area contributed by atoms with Crippen LogP contribution in [0, 0.1) is 0 Å². The Morgan fingerprint density at radius 2 is 1.53 bits per heavy atom. The van der Waals surface area contributed by atoms with Gasteiger partial charge in [-0.15, -0.1) is 0 Å². The van der Waals surface area contributed by atoms with Crippen molar-refractivity contribution in [2.75, 3.05) is 13.1 Å². The molecule has 0 saturated heterocycles. The van der Waals surface area contributed by atoms with Crippen molar-refractivity contribution in [2.24, 2.45) is 11.5 Å². The van der Waals surface area contributed by atoms with Gasteiger partial charge in [0.25, 0.3) is 0 Å². The third-order valence-electron chi connectivity index (χ3n) is 2.67. The molecule has 0 spiro atoms. The highest BCUT2D eigenvalue weighted by atomic mass is 16.3. The Balaban J connectivity index is 2.99. The SMILES string of the molecule is CC(c1cc(O)cc(O)c1)N(CC(N)=O)CC(N)=O. The third kappa shape index (κ3) is 4.47. The average molecular weight is 267 g/mol. The van der Waals surface area contributed by atoms with Crippen molar-refractivity contribution >= 4 is 11.8 Å². The molecule has 0 aliphatic rings. The Bertz CT molecular complexity index is 454. The van der Waals surface area contributed by atoms with Crippen LogP contribution in [0.3, 0.4) is 0 Å². The van der Waals surface area contributed by atoms with Crippen LogP contribution < -0.4 is 11.5 Å². The normalized spacial score (nSPS) is 12.3. The first-order valence-electron chi connectivity index (χ1n) is 5.63. The molecule has 0 aromatic heterocycles. The van der Waals surface area contributed by atoms with Crippen molar-refractivity contribution in [3.05, 3.63) is 23.8 Å². The van der Waals surface area contributed by atoms with E-state index in [0.29, 0.717) is 5.56 Å². The second-order valence-electron chi connectivity index (χ2n) is 4.30. The Hall–Kier alpha value is -2.28. The minimum absolute atomic E-state index is 0.111. The molecule has 2 amide bonds. The molecule has 0 radical (unpaired) electrons. The van der Waals surface area contributed by atoms with Crippen LogP contribution in [-0.4, -0.2) is 40.0 Å². The van der Waals surface area contributed by atoms with E-state index in [9.17, 15) is 19.8 Å². The number of hydrogen-bond donors (Lipinski definition) is 4. The number of phenolic OH excluding ortho intramolecular Hbond substituents is 2. The molecule has 1 atom stereocenters.